The number of carbonyl (C=O) groups is 1. The number of hydrogen-bond acceptors (Lipinski definition) is 3. The number of anilines is 1. The molecule has 94 valence electrons. The van der Waals surface area contributed by atoms with Gasteiger partial charge in [0.2, 0.25) is 5.91 Å². The van der Waals surface area contributed by atoms with Crippen molar-refractivity contribution in [3.05, 3.63) is 28.2 Å². The maximum Gasteiger partial charge on any atom is 0.231 e. The molecule has 18 heavy (non-hydrogen) atoms. The molecule has 1 fully saturated rings. The van der Waals surface area contributed by atoms with Crippen molar-refractivity contribution >= 4 is 27.5 Å². The van der Waals surface area contributed by atoms with E-state index in [4.69, 9.17) is 5.26 Å². The fourth-order valence-electron chi connectivity index (χ4n) is 2.00. The molecular weight excluding hydrogens is 294 g/mol. The summed E-state index contributed by atoms with van der Waals surface area (Å²) in [7, 11) is 0. The molecule has 0 bridgehead atoms. The Bertz CT molecular complexity index is 515. The highest BCUT2D eigenvalue weighted by molar-refractivity contribution is 9.10. The highest BCUT2D eigenvalue weighted by Gasteiger charge is 2.36. The minimum absolute atomic E-state index is 0.0358. The Kier molecular flexibility index (Phi) is 3.69. The van der Waals surface area contributed by atoms with E-state index in [0.717, 1.165) is 17.4 Å². The zero-order valence-electron chi connectivity index (χ0n) is 10.1. The van der Waals surface area contributed by atoms with Crippen LogP contribution in [0.1, 0.15) is 18.9 Å². The van der Waals surface area contributed by atoms with E-state index in [1.165, 1.54) is 0 Å². The first-order valence-electron chi connectivity index (χ1n) is 5.77. The van der Waals surface area contributed by atoms with Crippen LogP contribution in [0.25, 0.3) is 0 Å². The van der Waals surface area contributed by atoms with Crippen LogP contribution >= 0.6 is 15.9 Å². The van der Waals surface area contributed by atoms with Crippen molar-refractivity contribution in [1.82, 2.24) is 5.32 Å². The maximum atomic E-state index is 12.2. The Balaban J connectivity index is 2.19. The van der Waals surface area contributed by atoms with E-state index in [0.29, 0.717) is 17.8 Å². The summed E-state index contributed by atoms with van der Waals surface area (Å²) in [4.78, 5) is 12.2. The zero-order valence-corrected chi connectivity index (χ0v) is 11.7. The number of amides is 1. The Hall–Kier alpha value is -1.38. The summed E-state index contributed by atoms with van der Waals surface area (Å²) in [6.07, 6.45) is 0.817. The highest BCUT2D eigenvalue weighted by Crippen LogP contribution is 2.28. The van der Waals surface area contributed by atoms with Gasteiger partial charge in [0.05, 0.1) is 16.7 Å². The summed E-state index contributed by atoms with van der Waals surface area (Å²) in [5.41, 5.74) is 0.644. The summed E-state index contributed by atoms with van der Waals surface area (Å²) < 4.78 is 0.825. The summed E-state index contributed by atoms with van der Waals surface area (Å²) in [5, 5.41) is 15.1. The zero-order chi connectivity index (χ0) is 13.2. The van der Waals surface area contributed by atoms with E-state index in [1.54, 1.807) is 12.1 Å². The van der Waals surface area contributed by atoms with Gasteiger partial charge in [0.15, 0.2) is 0 Å². The molecule has 2 rings (SSSR count). The van der Waals surface area contributed by atoms with Gasteiger partial charge in [-0.05, 0) is 38.1 Å². The Morgan fingerprint density at radius 2 is 2.39 bits per heavy atom. The third kappa shape index (κ3) is 2.55. The van der Waals surface area contributed by atoms with E-state index < -0.39 is 0 Å². The number of hydrogen-bond donors (Lipinski definition) is 2. The number of nitriles is 1. The maximum absolute atomic E-state index is 12.2. The van der Waals surface area contributed by atoms with Crippen molar-refractivity contribution in [2.75, 3.05) is 18.4 Å². The molecule has 1 atom stereocenters. The molecule has 1 aromatic rings. The lowest BCUT2D eigenvalue weighted by atomic mass is 9.88. The van der Waals surface area contributed by atoms with Gasteiger partial charge in [-0.2, -0.15) is 5.26 Å². The molecule has 0 spiro atoms. The molecule has 4 nitrogen and oxygen atoms in total. The SMILES string of the molecule is CC1(C(=O)Nc2ccc(Br)cc2C#N)CCNC1. The molecule has 1 aliphatic heterocycles. The van der Waals surface area contributed by atoms with Gasteiger partial charge in [-0.15, -0.1) is 0 Å². The van der Waals surface area contributed by atoms with Crippen molar-refractivity contribution in [3.8, 4) is 6.07 Å². The normalized spacial score (nSPS) is 22.5. The lowest BCUT2D eigenvalue weighted by Crippen LogP contribution is -2.35. The topological polar surface area (TPSA) is 64.9 Å². The number of carbonyl (C=O) groups excluding carboxylic acids is 1. The second kappa shape index (κ2) is 5.09. The van der Waals surface area contributed by atoms with Crippen molar-refractivity contribution < 1.29 is 4.79 Å². The van der Waals surface area contributed by atoms with Crippen molar-refractivity contribution in [1.29, 1.82) is 5.26 Å². The molecule has 1 aliphatic rings. The van der Waals surface area contributed by atoms with Crippen molar-refractivity contribution in [2.45, 2.75) is 13.3 Å². The second-order valence-electron chi connectivity index (χ2n) is 4.74. The number of benzene rings is 1. The van der Waals surface area contributed by atoms with Crippen molar-refractivity contribution in [2.24, 2.45) is 5.41 Å². The standard InChI is InChI=1S/C13H14BrN3O/c1-13(4-5-16-8-13)12(18)17-11-3-2-10(14)6-9(11)7-15/h2-3,6,16H,4-5,8H2,1H3,(H,17,18). The Morgan fingerprint density at radius 1 is 1.61 bits per heavy atom. The summed E-state index contributed by atoms with van der Waals surface area (Å²) in [6.45, 7) is 3.47. The van der Waals surface area contributed by atoms with Crippen LogP contribution in [0.4, 0.5) is 5.69 Å². The van der Waals surface area contributed by atoms with E-state index >= 15 is 0 Å². The minimum atomic E-state index is -0.389. The van der Waals surface area contributed by atoms with Crippen LogP contribution in [0.15, 0.2) is 22.7 Å². The van der Waals surface area contributed by atoms with E-state index in [-0.39, 0.29) is 11.3 Å². The van der Waals surface area contributed by atoms with Crippen LogP contribution in [0.2, 0.25) is 0 Å². The first kappa shape index (κ1) is 13.1. The third-order valence-electron chi connectivity index (χ3n) is 3.27. The predicted molar refractivity (Wildman–Crippen MR) is 73.1 cm³/mol. The number of nitrogens with one attached hydrogen (secondary N) is 2. The molecule has 1 amide bonds. The molecule has 1 saturated heterocycles. The second-order valence-corrected chi connectivity index (χ2v) is 5.66. The van der Waals surface area contributed by atoms with Crippen LogP contribution in [0, 0.1) is 16.7 Å². The van der Waals surface area contributed by atoms with Gasteiger partial charge < -0.3 is 10.6 Å². The van der Waals surface area contributed by atoms with Crippen LogP contribution in [0.5, 0.6) is 0 Å². The average molecular weight is 308 g/mol. The third-order valence-corrected chi connectivity index (χ3v) is 3.76. The predicted octanol–water partition coefficient (Wildman–Crippen LogP) is 2.26. The average Bonchev–Trinajstić information content (AvgIpc) is 2.79. The van der Waals surface area contributed by atoms with Gasteiger partial charge in [0.1, 0.15) is 6.07 Å². The molecule has 5 heteroatoms. The number of nitrogens with zero attached hydrogens (tertiary/aromatic N) is 1. The van der Waals surface area contributed by atoms with Crippen LogP contribution in [-0.4, -0.2) is 19.0 Å². The molecule has 1 heterocycles. The highest BCUT2D eigenvalue weighted by atomic mass is 79.9. The Labute approximate surface area is 115 Å². The number of rotatable bonds is 2. The first-order valence-corrected chi connectivity index (χ1v) is 6.56. The van der Waals surface area contributed by atoms with Crippen LogP contribution in [0.3, 0.4) is 0 Å². The smallest absolute Gasteiger partial charge is 0.231 e. The molecule has 1 unspecified atom stereocenters. The summed E-state index contributed by atoms with van der Waals surface area (Å²) in [5.74, 6) is -0.0358. The summed E-state index contributed by atoms with van der Waals surface area (Å²) >= 11 is 3.31. The molecule has 0 aromatic heterocycles. The lowest BCUT2D eigenvalue weighted by Gasteiger charge is -2.21. The van der Waals surface area contributed by atoms with Gasteiger partial charge >= 0.3 is 0 Å². The molecular formula is C13H14BrN3O. The molecule has 0 saturated carbocycles. The van der Waals surface area contributed by atoms with E-state index in [2.05, 4.69) is 32.6 Å². The summed E-state index contributed by atoms with van der Waals surface area (Å²) in [6, 6.07) is 7.34. The van der Waals surface area contributed by atoms with Crippen LogP contribution in [-0.2, 0) is 4.79 Å². The van der Waals surface area contributed by atoms with Gasteiger partial charge in [0, 0.05) is 11.0 Å². The number of halogens is 1. The fourth-order valence-corrected chi connectivity index (χ4v) is 2.36. The van der Waals surface area contributed by atoms with E-state index in [1.807, 2.05) is 13.0 Å². The molecule has 1 aromatic carbocycles. The van der Waals surface area contributed by atoms with Crippen LogP contribution < -0.4 is 10.6 Å². The minimum Gasteiger partial charge on any atom is -0.324 e. The van der Waals surface area contributed by atoms with Gasteiger partial charge in [0.25, 0.3) is 0 Å². The molecule has 2 N–H and O–H groups in total. The van der Waals surface area contributed by atoms with Crippen molar-refractivity contribution in [3.63, 3.8) is 0 Å². The van der Waals surface area contributed by atoms with E-state index in [9.17, 15) is 4.79 Å². The first-order chi connectivity index (χ1) is 8.55. The fraction of sp³-hybridized carbons (Fsp3) is 0.385. The van der Waals surface area contributed by atoms with Gasteiger partial charge in [-0.25, -0.2) is 0 Å². The van der Waals surface area contributed by atoms with Gasteiger partial charge in [-0.3, -0.25) is 4.79 Å². The quantitative estimate of drug-likeness (QED) is 0.881. The van der Waals surface area contributed by atoms with Gasteiger partial charge in [-0.1, -0.05) is 15.9 Å². The largest absolute Gasteiger partial charge is 0.324 e. The molecule has 0 radical (unpaired) electrons. The lowest BCUT2D eigenvalue weighted by molar-refractivity contribution is -0.123. The Morgan fingerprint density at radius 3 is 3.00 bits per heavy atom. The molecule has 0 aliphatic carbocycles. The monoisotopic (exact) mass is 307 g/mol.